The molecule has 0 bridgehead atoms. The molecule has 2 aliphatic heterocycles. The summed E-state index contributed by atoms with van der Waals surface area (Å²) >= 11 is 1.39. The maximum Gasteiger partial charge on any atom is 0.274 e. The number of nitrogens with zero attached hydrogens (tertiary/aromatic N) is 5. The highest BCUT2D eigenvalue weighted by Gasteiger charge is 2.64. The van der Waals surface area contributed by atoms with Crippen molar-refractivity contribution in [2.45, 2.75) is 107 Å². The largest absolute Gasteiger partial charge is 0.471 e. The van der Waals surface area contributed by atoms with Gasteiger partial charge in [-0.1, -0.05) is 42.3 Å². The molecule has 320 valence electrons. The number of halogens is 2. The number of rotatable bonds is 8. The fourth-order valence-electron chi connectivity index (χ4n) is 8.65. The number of thiazole rings is 1. The number of alkyl halides is 2. The Morgan fingerprint density at radius 1 is 0.951 bits per heavy atom. The summed E-state index contributed by atoms with van der Waals surface area (Å²) in [6, 6.07) is 13.8. The van der Waals surface area contributed by atoms with E-state index in [1.165, 1.54) is 22.3 Å². The van der Waals surface area contributed by atoms with Crippen LogP contribution >= 0.6 is 11.3 Å². The standard InChI is InChI=1S/C42H43F2N7O8S2/c1-23-17-31(49-59-23)36(53)46-30-12-3-2-8-16-42(43,44)20-24-19-41(24,40(55)50-61(56,57)26-14-15-26)21-33(52)32-18-25(22-51(32)39(30)54)58-37-35(45-27-9-4-5-10-28(27)47-37)38-48-29-11-6-7-13-34(29)60-38/h4-7,9-11,13,17,24-26,30,32H,2-3,8,12,14-16,18-22H2,1H3,(H,46,53)(H,50,55)/t24-,25+,30-,32?,41+/m0/s1. The number of sulfonamides is 1. The van der Waals surface area contributed by atoms with Gasteiger partial charge in [-0.05, 0) is 69.2 Å². The first-order valence-corrected chi connectivity index (χ1v) is 22.8. The molecule has 0 spiro atoms. The lowest BCUT2D eigenvalue weighted by atomic mass is 9.89. The molecular formula is C42H43F2N7O8S2. The Morgan fingerprint density at radius 3 is 2.41 bits per heavy atom. The summed E-state index contributed by atoms with van der Waals surface area (Å²) in [5, 5.41) is 6.28. The van der Waals surface area contributed by atoms with Gasteiger partial charge in [0, 0.05) is 31.7 Å². The summed E-state index contributed by atoms with van der Waals surface area (Å²) in [5.41, 5.74) is 0.425. The molecule has 15 nitrogen and oxygen atoms in total. The Hall–Kier alpha value is -5.43. The predicted molar refractivity (Wildman–Crippen MR) is 218 cm³/mol. The summed E-state index contributed by atoms with van der Waals surface area (Å²) in [5.74, 6) is -6.60. The normalized spacial score (nSPS) is 25.9. The third-order valence-electron chi connectivity index (χ3n) is 12.1. The van der Waals surface area contributed by atoms with Crippen LogP contribution in [-0.4, -0.2) is 92.8 Å². The highest BCUT2D eigenvalue weighted by molar-refractivity contribution is 7.90. The number of carbonyl (C=O) groups is 4. The Kier molecular flexibility index (Phi) is 10.6. The van der Waals surface area contributed by atoms with E-state index in [9.17, 15) is 27.6 Å². The molecule has 0 radical (unpaired) electrons. The molecular weight excluding hydrogens is 833 g/mol. The van der Waals surface area contributed by atoms with E-state index in [0.717, 1.165) is 10.2 Å². The number of Topliss-reactive ketones (excluding diaryl/α,β-unsaturated/α-hetero) is 1. The molecule has 9 rings (SSSR count). The number of carbonyl (C=O) groups excluding carboxylic acids is 4. The lowest BCUT2D eigenvalue weighted by molar-refractivity contribution is -0.140. The fraction of sp³-hybridized carbons (Fsp3) is 0.476. The number of amides is 3. The zero-order chi connectivity index (χ0) is 42.7. The Bertz CT molecular complexity index is 2640. The van der Waals surface area contributed by atoms with Gasteiger partial charge in [-0.3, -0.25) is 23.9 Å². The van der Waals surface area contributed by atoms with Crippen LogP contribution in [0.3, 0.4) is 0 Å². The van der Waals surface area contributed by atoms with Crippen molar-refractivity contribution >= 4 is 66.1 Å². The zero-order valence-corrected chi connectivity index (χ0v) is 34.8. The van der Waals surface area contributed by atoms with E-state index in [2.05, 4.69) is 15.2 Å². The van der Waals surface area contributed by atoms with E-state index in [1.54, 1.807) is 19.1 Å². The second-order valence-corrected chi connectivity index (χ2v) is 19.7. The Morgan fingerprint density at radius 2 is 1.69 bits per heavy atom. The summed E-state index contributed by atoms with van der Waals surface area (Å²) in [7, 11) is -4.07. The number of hydrogen-bond donors (Lipinski definition) is 2. The van der Waals surface area contributed by atoms with Crippen LogP contribution in [0.2, 0.25) is 0 Å². The van der Waals surface area contributed by atoms with Gasteiger partial charge in [0.25, 0.3) is 5.91 Å². The molecule has 2 N–H and O–H groups in total. The number of fused-ring (bicyclic) bond motifs is 4. The fourth-order valence-corrected chi connectivity index (χ4v) is 11.0. The molecule has 2 saturated carbocycles. The lowest BCUT2D eigenvalue weighted by Gasteiger charge is -2.29. The highest BCUT2D eigenvalue weighted by Crippen LogP contribution is 2.60. The number of ketones is 1. The van der Waals surface area contributed by atoms with Gasteiger partial charge >= 0.3 is 0 Å². The second-order valence-electron chi connectivity index (χ2n) is 16.7. The van der Waals surface area contributed by atoms with Gasteiger partial charge in [-0.2, -0.15) is 0 Å². The third kappa shape index (κ3) is 8.45. The van der Waals surface area contributed by atoms with Crippen LogP contribution in [0, 0.1) is 18.3 Å². The average Bonchev–Trinajstić information content (AvgIpc) is 4.03. The van der Waals surface area contributed by atoms with Gasteiger partial charge in [-0.25, -0.2) is 32.2 Å². The average molecular weight is 876 g/mol. The molecule has 3 aromatic heterocycles. The molecule has 1 unspecified atom stereocenters. The van der Waals surface area contributed by atoms with Crippen molar-refractivity contribution in [1.82, 2.24) is 35.0 Å². The van der Waals surface area contributed by atoms with Crippen molar-refractivity contribution in [3.05, 3.63) is 66.1 Å². The summed E-state index contributed by atoms with van der Waals surface area (Å²) < 4.78 is 71.7. The monoisotopic (exact) mass is 875 g/mol. The molecule has 4 fully saturated rings. The minimum absolute atomic E-state index is 0.0674. The van der Waals surface area contributed by atoms with E-state index in [4.69, 9.17) is 24.2 Å². The van der Waals surface area contributed by atoms with Gasteiger partial charge < -0.3 is 19.5 Å². The number of para-hydroxylation sites is 3. The molecule has 5 heterocycles. The summed E-state index contributed by atoms with van der Waals surface area (Å²) in [4.78, 5) is 72.6. The van der Waals surface area contributed by atoms with Crippen LogP contribution in [0.4, 0.5) is 8.78 Å². The smallest absolute Gasteiger partial charge is 0.274 e. The van der Waals surface area contributed by atoms with Crippen LogP contribution < -0.4 is 14.8 Å². The minimum atomic E-state index is -4.07. The molecule has 61 heavy (non-hydrogen) atoms. The van der Waals surface area contributed by atoms with E-state index in [0.29, 0.717) is 53.2 Å². The molecule has 19 heteroatoms. The van der Waals surface area contributed by atoms with Crippen molar-refractivity contribution in [3.8, 4) is 16.6 Å². The maximum absolute atomic E-state index is 15.5. The third-order valence-corrected chi connectivity index (χ3v) is 15.0. The Labute approximate surface area is 353 Å². The quantitative estimate of drug-likeness (QED) is 0.187. The van der Waals surface area contributed by atoms with Crippen molar-refractivity contribution in [1.29, 1.82) is 0 Å². The van der Waals surface area contributed by atoms with Gasteiger partial charge in [0.1, 0.15) is 22.9 Å². The molecule has 3 amide bonds. The van der Waals surface area contributed by atoms with E-state index in [-0.39, 0.29) is 43.8 Å². The van der Waals surface area contributed by atoms with E-state index < -0.39 is 93.5 Å². The zero-order valence-electron chi connectivity index (χ0n) is 33.1. The van der Waals surface area contributed by atoms with Crippen molar-refractivity contribution in [3.63, 3.8) is 0 Å². The molecule has 4 aliphatic rings. The SMILES string of the molecule is Cc1cc(C(=O)N[C@H]2CCCCCC(F)(F)C[C@@H]3C[C@@]3(C(=O)NS(=O)(=O)C3CC3)CC(=O)C3C[C@@H](Oc4nc5ccccc5nc4-c4nc5ccccc5s4)CN3C2=O)no1. The van der Waals surface area contributed by atoms with E-state index >= 15 is 8.78 Å². The second kappa shape index (κ2) is 15.8. The first-order chi connectivity index (χ1) is 29.2. The predicted octanol–water partition coefficient (Wildman–Crippen LogP) is 5.91. The van der Waals surface area contributed by atoms with Crippen LogP contribution in [0.5, 0.6) is 5.88 Å². The molecule has 5 aromatic rings. The molecule has 2 aliphatic carbocycles. The van der Waals surface area contributed by atoms with E-state index in [1.807, 2.05) is 36.4 Å². The number of ether oxygens (including phenoxy) is 1. The minimum Gasteiger partial charge on any atom is -0.471 e. The number of benzene rings is 2. The van der Waals surface area contributed by atoms with Gasteiger partial charge in [0.15, 0.2) is 17.2 Å². The molecule has 5 atom stereocenters. The maximum atomic E-state index is 15.5. The van der Waals surface area contributed by atoms with Crippen LogP contribution in [0.25, 0.3) is 32.0 Å². The first kappa shape index (κ1) is 40.9. The molecule has 2 aromatic carbocycles. The van der Waals surface area contributed by atoms with Crippen molar-refractivity contribution < 1.29 is 45.6 Å². The van der Waals surface area contributed by atoms with Gasteiger partial charge in [-0.15, -0.1) is 11.3 Å². The van der Waals surface area contributed by atoms with Gasteiger partial charge in [0.05, 0.1) is 44.5 Å². The molecule has 2 saturated heterocycles. The summed E-state index contributed by atoms with van der Waals surface area (Å²) in [6.45, 7) is 1.46. The lowest BCUT2D eigenvalue weighted by Crippen LogP contribution is -2.52. The summed E-state index contributed by atoms with van der Waals surface area (Å²) in [6.07, 6.45) is -1.34. The first-order valence-electron chi connectivity index (χ1n) is 20.5. The van der Waals surface area contributed by atoms with Crippen LogP contribution in [0.1, 0.15) is 86.9 Å². The number of aromatic nitrogens is 4. The van der Waals surface area contributed by atoms with Crippen molar-refractivity contribution in [2.24, 2.45) is 11.3 Å². The number of hydrogen-bond acceptors (Lipinski definition) is 13. The Balaban J connectivity index is 1.07. The van der Waals surface area contributed by atoms with Crippen LogP contribution in [-0.2, 0) is 24.4 Å². The van der Waals surface area contributed by atoms with Gasteiger partial charge in [0.2, 0.25) is 33.6 Å². The highest BCUT2D eigenvalue weighted by atomic mass is 32.2. The van der Waals surface area contributed by atoms with Crippen LogP contribution in [0.15, 0.2) is 59.1 Å². The number of nitrogens with one attached hydrogen (secondary N) is 2. The number of aryl methyl sites for hydroxylation is 1. The van der Waals surface area contributed by atoms with Crippen molar-refractivity contribution in [2.75, 3.05) is 6.54 Å². The topological polar surface area (TPSA) is 204 Å².